The normalized spacial score (nSPS) is 24.6. The summed E-state index contributed by atoms with van der Waals surface area (Å²) in [5.41, 5.74) is 0. The molecule has 1 heterocycles. The van der Waals surface area contributed by atoms with E-state index in [4.69, 9.17) is 11.6 Å². The van der Waals surface area contributed by atoms with Crippen molar-refractivity contribution >= 4 is 17.4 Å². The zero-order chi connectivity index (χ0) is 12.3. The summed E-state index contributed by atoms with van der Waals surface area (Å²) in [6.07, 6.45) is 5.13. The van der Waals surface area contributed by atoms with Crippen LogP contribution in [0.5, 0.6) is 0 Å². The number of hydrogen-bond acceptors (Lipinski definition) is 3. The number of hydrogen-bond donors (Lipinski definition) is 2. The first-order chi connectivity index (χ1) is 8.16. The lowest BCUT2D eigenvalue weighted by Crippen LogP contribution is -2.30. The fourth-order valence-corrected chi connectivity index (χ4v) is 2.34. The summed E-state index contributed by atoms with van der Waals surface area (Å²) in [6.45, 7) is 0.548. The van der Waals surface area contributed by atoms with Crippen LogP contribution in [0.25, 0.3) is 0 Å². The van der Waals surface area contributed by atoms with Gasteiger partial charge in [0.15, 0.2) is 11.6 Å². The number of nitrogens with zero attached hydrogens (tertiary/aromatic N) is 1. The summed E-state index contributed by atoms with van der Waals surface area (Å²) in [6, 6.07) is 1.23. The van der Waals surface area contributed by atoms with Crippen LogP contribution in [0, 0.1) is 11.7 Å². The summed E-state index contributed by atoms with van der Waals surface area (Å²) in [4.78, 5) is 3.89. The molecule has 2 unspecified atom stereocenters. The Kier molecular flexibility index (Phi) is 4.18. The Labute approximate surface area is 105 Å². The second-order valence-electron chi connectivity index (χ2n) is 4.48. The van der Waals surface area contributed by atoms with Crippen LogP contribution in [0.2, 0.25) is 5.02 Å². The average Bonchev–Trinajstić information content (AvgIpc) is 2.30. The van der Waals surface area contributed by atoms with Gasteiger partial charge in [-0.25, -0.2) is 9.37 Å². The number of halogens is 2. The van der Waals surface area contributed by atoms with Crippen molar-refractivity contribution in [2.24, 2.45) is 5.92 Å². The highest BCUT2D eigenvalue weighted by atomic mass is 35.5. The lowest BCUT2D eigenvalue weighted by atomic mass is 9.86. The zero-order valence-corrected chi connectivity index (χ0v) is 10.3. The molecule has 5 heteroatoms. The fourth-order valence-electron chi connectivity index (χ4n) is 2.20. The minimum atomic E-state index is -0.456. The van der Waals surface area contributed by atoms with Crippen LogP contribution in [0.15, 0.2) is 12.3 Å². The van der Waals surface area contributed by atoms with Crippen molar-refractivity contribution in [1.82, 2.24) is 4.98 Å². The maximum absolute atomic E-state index is 13.4. The van der Waals surface area contributed by atoms with E-state index in [9.17, 15) is 9.50 Å². The second-order valence-corrected chi connectivity index (χ2v) is 4.91. The lowest BCUT2D eigenvalue weighted by Gasteiger charge is -2.27. The molecule has 2 N–H and O–H groups in total. The molecule has 1 saturated carbocycles. The molecule has 17 heavy (non-hydrogen) atoms. The molecule has 1 aliphatic carbocycles. The highest BCUT2D eigenvalue weighted by molar-refractivity contribution is 6.30. The van der Waals surface area contributed by atoms with Gasteiger partial charge in [0.2, 0.25) is 0 Å². The van der Waals surface area contributed by atoms with Gasteiger partial charge in [-0.15, -0.1) is 0 Å². The van der Waals surface area contributed by atoms with Crippen molar-refractivity contribution in [3.63, 3.8) is 0 Å². The standard InChI is InChI=1S/C12H16ClFN2O/c13-9-5-10(14)12(16-7-9)15-6-8-3-1-2-4-11(8)17/h5,7-8,11,17H,1-4,6H2,(H,15,16). The number of anilines is 1. The third kappa shape index (κ3) is 3.30. The Bertz CT molecular complexity index is 389. The van der Waals surface area contributed by atoms with Crippen molar-refractivity contribution in [1.29, 1.82) is 0 Å². The molecular weight excluding hydrogens is 243 g/mol. The predicted molar refractivity (Wildman–Crippen MR) is 65.7 cm³/mol. The van der Waals surface area contributed by atoms with Gasteiger partial charge in [0.1, 0.15) is 0 Å². The van der Waals surface area contributed by atoms with Gasteiger partial charge in [0.25, 0.3) is 0 Å². The van der Waals surface area contributed by atoms with E-state index < -0.39 is 5.82 Å². The second kappa shape index (κ2) is 5.65. The maximum atomic E-state index is 13.4. The Morgan fingerprint density at radius 1 is 1.47 bits per heavy atom. The molecule has 0 amide bonds. The van der Waals surface area contributed by atoms with Crippen LogP contribution < -0.4 is 5.32 Å². The van der Waals surface area contributed by atoms with Gasteiger partial charge in [-0.05, 0) is 18.9 Å². The van der Waals surface area contributed by atoms with Gasteiger partial charge >= 0.3 is 0 Å². The monoisotopic (exact) mass is 258 g/mol. The molecular formula is C12H16ClFN2O. The smallest absolute Gasteiger partial charge is 0.166 e. The van der Waals surface area contributed by atoms with Crippen LogP contribution in [0.4, 0.5) is 10.2 Å². The molecule has 0 bridgehead atoms. The van der Waals surface area contributed by atoms with Gasteiger partial charge < -0.3 is 10.4 Å². The van der Waals surface area contributed by atoms with E-state index >= 15 is 0 Å². The van der Waals surface area contributed by atoms with Gasteiger partial charge in [-0.3, -0.25) is 0 Å². The Morgan fingerprint density at radius 3 is 2.94 bits per heavy atom. The van der Waals surface area contributed by atoms with E-state index in [0.29, 0.717) is 6.54 Å². The minimum absolute atomic E-state index is 0.181. The van der Waals surface area contributed by atoms with Crippen molar-refractivity contribution in [3.8, 4) is 0 Å². The SMILES string of the molecule is OC1CCCCC1CNc1ncc(Cl)cc1F. The predicted octanol–water partition coefficient (Wildman–Crippen LogP) is 2.84. The average molecular weight is 259 g/mol. The molecule has 94 valence electrons. The summed E-state index contributed by atoms with van der Waals surface area (Å²) in [7, 11) is 0. The van der Waals surface area contributed by atoms with Crippen LogP contribution in [0.1, 0.15) is 25.7 Å². The largest absolute Gasteiger partial charge is 0.393 e. The molecule has 1 aromatic rings. The van der Waals surface area contributed by atoms with E-state index in [2.05, 4.69) is 10.3 Å². The van der Waals surface area contributed by atoms with Gasteiger partial charge in [0.05, 0.1) is 11.1 Å². The fraction of sp³-hybridized carbons (Fsp3) is 0.583. The Balaban J connectivity index is 1.92. The van der Waals surface area contributed by atoms with E-state index in [1.54, 1.807) is 0 Å². The molecule has 0 aliphatic heterocycles. The van der Waals surface area contributed by atoms with Crippen molar-refractivity contribution < 1.29 is 9.50 Å². The number of rotatable bonds is 3. The maximum Gasteiger partial charge on any atom is 0.166 e. The molecule has 0 spiro atoms. The summed E-state index contributed by atoms with van der Waals surface area (Å²) in [5.74, 6) is -0.0735. The highest BCUT2D eigenvalue weighted by Gasteiger charge is 2.23. The highest BCUT2D eigenvalue weighted by Crippen LogP contribution is 2.25. The third-order valence-electron chi connectivity index (χ3n) is 3.21. The Hall–Kier alpha value is -0.870. The molecule has 2 atom stereocenters. The molecule has 0 radical (unpaired) electrons. The molecule has 1 aliphatic rings. The summed E-state index contributed by atoms with van der Waals surface area (Å²) < 4.78 is 13.4. The minimum Gasteiger partial charge on any atom is -0.393 e. The molecule has 2 rings (SSSR count). The van der Waals surface area contributed by atoms with Crippen LogP contribution in [-0.4, -0.2) is 22.7 Å². The van der Waals surface area contributed by atoms with Crippen LogP contribution >= 0.6 is 11.6 Å². The summed E-state index contributed by atoms with van der Waals surface area (Å²) >= 11 is 5.62. The van der Waals surface area contributed by atoms with Crippen molar-refractivity contribution in [2.75, 3.05) is 11.9 Å². The first-order valence-electron chi connectivity index (χ1n) is 5.90. The third-order valence-corrected chi connectivity index (χ3v) is 3.42. The van der Waals surface area contributed by atoms with E-state index in [1.807, 2.05) is 0 Å². The van der Waals surface area contributed by atoms with Crippen molar-refractivity contribution in [3.05, 3.63) is 23.1 Å². The van der Waals surface area contributed by atoms with Gasteiger partial charge in [0, 0.05) is 18.7 Å². The van der Waals surface area contributed by atoms with Crippen molar-refractivity contribution in [2.45, 2.75) is 31.8 Å². The molecule has 1 fully saturated rings. The molecule has 1 aromatic heterocycles. The van der Waals surface area contributed by atoms with E-state index in [-0.39, 0.29) is 22.9 Å². The first-order valence-corrected chi connectivity index (χ1v) is 6.27. The zero-order valence-electron chi connectivity index (χ0n) is 9.50. The number of aliphatic hydroxyl groups excluding tert-OH is 1. The molecule has 0 aromatic carbocycles. The van der Waals surface area contributed by atoms with Crippen LogP contribution in [-0.2, 0) is 0 Å². The van der Waals surface area contributed by atoms with Gasteiger partial charge in [-0.1, -0.05) is 24.4 Å². The number of aromatic nitrogens is 1. The Morgan fingerprint density at radius 2 is 2.24 bits per heavy atom. The first kappa shape index (κ1) is 12.6. The molecule has 0 saturated heterocycles. The number of aliphatic hydroxyl groups is 1. The van der Waals surface area contributed by atoms with Crippen LogP contribution in [0.3, 0.4) is 0 Å². The lowest BCUT2D eigenvalue weighted by molar-refractivity contribution is 0.0762. The number of nitrogens with one attached hydrogen (secondary N) is 1. The summed E-state index contributed by atoms with van der Waals surface area (Å²) in [5, 5.41) is 13.0. The van der Waals surface area contributed by atoms with E-state index in [0.717, 1.165) is 25.7 Å². The molecule has 3 nitrogen and oxygen atoms in total. The van der Waals surface area contributed by atoms with Gasteiger partial charge in [-0.2, -0.15) is 0 Å². The number of pyridine rings is 1. The topological polar surface area (TPSA) is 45.1 Å². The van der Waals surface area contributed by atoms with E-state index in [1.165, 1.54) is 12.3 Å². The quantitative estimate of drug-likeness (QED) is 0.876.